The number of halogens is 2. The monoisotopic (exact) mass is 392 g/mol. The smallest absolute Gasteiger partial charge is 0.255 e. The van der Waals surface area contributed by atoms with Gasteiger partial charge in [-0.25, -0.2) is 0 Å². The Morgan fingerprint density at radius 2 is 1.90 bits per heavy atom. The summed E-state index contributed by atoms with van der Waals surface area (Å²) in [7, 11) is 0. The Bertz CT molecular complexity index is 795. The second kappa shape index (κ2) is 5.42. The Labute approximate surface area is 132 Å². The molecule has 0 aliphatic carbocycles. The number of carbonyl (C=O) groups excluding carboxylic acids is 1. The van der Waals surface area contributed by atoms with Crippen LogP contribution in [0.5, 0.6) is 0 Å². The van der Waals surface area contributed by atoms with E-state index in [-0.39, 0.29) is 5.91 Å². The quantitative estimate of drug-likeness (QED) is 0.635. The molecule has 100 valence electrons. The molecule has 3 nitrogen and oxygen atoms in total. The average molecular weight is 394 g/mol. The summed E-state index contributed by atoms with van der Waals surface area (Å²) in [6.07, 6.45) is 1.86. The van der Waals surface area contributed by atoms with E-state index in [9.17, 15) is 4.79 Å². The zero-order valence-corrected chi connectivity index (χ0v) is 13.5. The van der Waals surface area contributed by atoms with Gasteiger partial charge in [0.1, 0.15) is 0 Å². The second-order valence-corrected chi connectivity index (χ2v) is 6.13. The summed E-state index contributed by atoms with van der Waals surface area (Å²) in [5, 5.41) is 3.92. The summed E-state index contributed by atoms with van der Waals surface area (Å²) in [5.41, 5.74) is 2.38. The Morgan fingerprint density at radius 1 is 1.05 bits per heavy atom. The first-order valence-corrected chi connectivity index (χ1v) is 7.55. The van der Waals surface area contributed by atoms with E-state index in [0.29, 0.717) is 5.56 Å². The average Bonchev–Trinajstić information content (AvgIpc) is 2.90. The van der Waals surface area contributed by atoms with Crippen LogP contribution in [0.2, 0.25) is 0 Å². The first kappa shape index (κ1) is 13.4. The maximum atomic E-state index is 12.3. The summed E-state index contributed by atoms with van der Waals surface area (Å²) in [6, 6.07) is 13.2. The fourth-order valence-corrected chi connectivity index (χ4v) is 2.69. The summed E-state index contributed by atoms with van der Waals surface area (Å²) < 4.78 is 1.76. The normalized spacial score (nSPS) is 10.7. The highest BCUT2D eigenvalue weighted by Gasteiger charge is 2.09. The van der Waals surface area contributed by atoms with Crippen LogP contribution in [0.4, 0.5) is 5.69 Å². The highest BCUT2D eigenvalue weighted by Crippen LogP contribution is 2.26. The number of hydrogen-bond acceptors (Lipinski definition) is 1. The number of amides is 1. The van der Waals surface area contributed by atoms with Gasteiger partial charge in [0.2, 0.25) is 0 Å². The summed E-state index contributed by atoms with van der Waals surface area (Å²) >= 11 is 6.82. The number of nitrogens with one attached hydrogen (secondary N) is 2. The Balaban J connectivity index is 1.90. The number of benzene rings is 2. The molecule has 1 amide bonds. The highest BCUT2D eigenvalue weighted by molar-refractivity contribution is 9.11. The lowest BCUT2D eigenvalue weighted by Crippen LogP contribution is -2.12. The van der Waals surface area contributed by atoms with Gasteiger partial charge in [0.15, 0.2) is 0 Å². The minimum absolute atomic E-state index is 0.132. The molecule has 5 heteroatoms. The number of aromatic amines is 1. The maximum absolute atomic E-state index is 12.3. The molecule has 0 unspecified atom stereocenters. The van der Waals surface area contributed by atoms with Crippen molar-refractivity contribution >= 4 is 54.4 Å². The van der Waals surface area contributed by atoms with E-state index >= 15 is 0 Å². The van der Waals surface area contributed by atoms with E-state index in [4.69, 9.17) is 0 Å². The SMILES string of the molecule is O=C(Nc1cc(Br)ccc1Br)c1ccc2[nH]ccc2c1. The van der Waals surface area contributed by atoms with E-state index in [0.717, 1.165) is 25.5 Å². The van der Waals surface area contributed by atoms with Crippen molar-refractivity contribution in [1.29, 1.82) is 0 Å². The lowest BCUT2D eigenvalue weighted by Gasteiger charge is -2.08. The zero-order valence-electron chi connectivity index (χ0n) is 10.3. The lowest BCUT2D eigenvalue weighted by molar-refractivity contribution is 0.102. The molecule has 0 atom stereocenters. The van der Waals surface area contributed by atoms with Gasteiger partial charge in [0, 0.05) is 31.6 Å². The van der Waals surface area contributed by atoms with Crippen molar-refractivity contribution in [2.24, 2.45) is 0 Å². The van der Waals surface area contributed by atoms with Crippen molar-refractivity contribution in [3.63, 3.8) is 0 Å². The van der Waals surface area contributed by atoms with Crippen LogP contribution in [0.15, 0.2) is 57.6 Å². The van der Waals surface area contributed by atoms with Gasteiger partial charge in [0.25, 0.3) is 5.91 Å². The molecule has 1 aromatic heterocycles. The molecule has 1 heterocycles. The van der Waals surface area contributed by atoms with E-state index in [2.05, 4.69) is 42.2 Å². The Morgan fingerprint density at radius 3 is 2.75 bits per heavy atom. The van der Waals surface area contributed by atoms with Gasteiger partial charge in [-0.3, -0.25) is 4.79 Å². The fourth-order valence-electron chi connectivity index (χ4n) is 1.98. The van der Waals surface area contributed by atoms with Crippen LogP contribution < -0.4 is 5.32 Å². The summed E-state index contributed by atoms with van der Waals surface area (Å²) in [5.74, 6) is -0.132. The third kappa shape index (κ3) is 2.64. The van der Waals surface area contributed by atoms with E-state index < -0.39 is 0 Å². The molecule has 0 fully saturated rings. The molecule has 2 N–H and O–H groups in total. The van der Waals surface area contributed by atoms with Gasteiger partial charge in [-0.05, 0) is 58.4 Å². The van der Waals surface area contributed by atoms with Gasteiger partial charge in [-0.15, -0.1) is 0 Å². The molecule has 0 bridgehead atoms. The highest BCUT2D eigenvalue weighted by atomic mass is 79.9. The van der Waals surface area contributed by atoms with Crippen LogP contribution in [0.1, 0.15) is 10.4 Å². The van der Waals surface area contributed by atoms with Crippen LogP contribution in [0.25, 0.3) is 10.9 Å². The molecule has 0 aliphatic heterocycles. The summed E-state index contributed by atoms with van der Waals surface area (Å²) in [4.78, 5) is 15.4. The van der Waals surface area contributed by atoms with Crippen molar-refractivity contribution in [2.45, 2.75) is 0 Å². The summed E-state index contributed by atoms with van der Waals surface area (Å²) in [6.45, 7) is 0. The predicted octanol–water partition coefficient (Wildman–Crippen LogP) is 4.95. The molecule has 0 saturated heterocycles. The minimum Gasteiger partial charge on any atom is -0.361 e. The third-order valence-electron chi connectivity index (χ3n) is 2.99. The molecular formula is C15H10Br2N2O. The largest absolute Gasteiger partial charge is 0.361 e. The third-order valence-corrected chi connectivity index (χ3v) is 4.18. The van der Waals surface area contributed by atoms with Crippen LogP contribution >= 0.6 is 31.9 Å². The number of fused-ring (bicyclic) bond motifs is 1. The van der Waals surface area contributed by atoms with Gasteiger partial charge in [-0.2, -0.15) is 0 Å². The van der Waals surface area contributed by atoms with Gasteiger partial charge >= 0.3 is 0 Å². The first-order chi connectivity index (χ1) is 9.63. The van der Waals surface area contributed by atoms with Gasteiger partial charge < -0.3 is 10.3 Å². The second-order valence-electron chi connectivity index (χ2n) is 4.36. The van der Waals surface area contributed by atoms with Crippen LogP contribution in [0, 0.1) is 0 Å². The van der Waals surface area contributed by atoms with Gasteiger partial charge in [0.05, 0.1) is 5.69 Å². The minimum atomic E-state index is -0.132. The molecule has 0 aliphatic rings. The van der Waals surface area contributed by atoms with E-state index in [1.165, 1.54) is 0 Å². The number of H-pyrrole nitrogens is 1. The molecule has 20 heavy (non-hydrogen) atoms. The number of hydrogen-bond donors (Lipinski definition) is 2. The molecule has 3 aromatic rings. The first-order valence-electron chi connectivity index (χ1n) is 5.97. The number of carbonyl (C=O) groups is 1. The Kier molecular flexibility index (Phi) is 3.63. The fraction of sp³-hybridized carbons (Fsp3) is 0. The molecule has 0 radical (unpaired) electrons. The van der Waals surface area contributed by atoms with Crippen LogP contribution in [0.3, 0.4) is 0 Å². The molecular weight excluding hydrogens is 384 g/mol. The zero-order chi connectivity index (χ0) is 14.1. The molecule has 0 saturated carbocycles. The number of rotatable bonds is 2. The Hall–Kier alpha value is -1.59. The van der Waals surface area contributed by atoms with Crippen molar-refractivity contribution in [3.05, 3.63) is 63.2 Å². The molecule has 2 aromatic carbocycles. The van der Waals surface area contributed by atoms with Crippen molar-refractivity contribution in [3.8, 4) is 0 Å². The van der Waals surface area contributed by atoms with Crippen LogP contribution in [-0.2, 0) is 0 Å². The van der Waals surface area contributed by atoms with E-state index in [1.807, 2.05) is 42.6 Å². The van der Waals surface area contributed by atoms with E-state index in [1.54, 1.807) is 6.07 Å². The number of aromatic nitrogens is 1. The van der Waals surface area contributed by atoms with Crippen LogP contribution in [-0.4, -0.2) is 10.9 Å². The molecule has 3 rings (SSSR count). The predicted molar refractivity (Wildman–Crippen MR) is 88.1 cm³/mol. The van der Waals surface area contributed by atoms with Crippen molar-refractivity contribution in [1.82, 2.24) is 4.98 Å². The molecule has 0 spiro atoms. The standard InChI is InChI=1S/C15H10Br2N2O/c16-11-2-3-12(17)14(8-11)19-15(20)10-1-4-13-9(7-10)5-6-18-13/h1-8,18H,(H,19,20). The lowest BCUT2D eigenvalue weighted by atomic mass is 10.1. The topological polar surface area (TPSA) is 44.9 Å². The van der Waals surface area contributed by atoms with Gasteiger partial charge in [-0.1, -0.05) is 15.9 Å². The van der Waals surface area contributed by atoms with Crippen molar-refractivity contribution < 1.29 is 4.79 Å². The maximum Gasteiger partial charge on any atom is 0.255 e. The van der Waals surface area contributed by atoms with Crippen molar-refractivity contribution in [2.75, 3.05) is 5.32 Å². The number of anilines is 1.